The molecular weight excluding hydrogens is 332 g/mol. The zero-order valence-electron chi connectivity index (χ0n) is 16.5. The van der Waals surface area contributed by atoms with E-state index in [1.54, 1.807) is 7.11 Å². The summed E-state index contributed by atoms with van der Waals surface area (Å²) in [5.74, 6) is 0.936. The normalized spacial score (nSPS) is 10.4. The number of nitriles is 1. The fourth-order valence-electron chi connectivity index (χ4n) is 3.20. The van der Waals surface area contributed by atoms with Gasteiger partial charge in [-0.05, 0) is 61.2 Å². The maximum Gasteiger partial charge on any atom is 0.118 e. The third-order valence-corrected chi connectivity index (χ3v) is 4.89. The Morgan fingerprint density at radius 1 is 0.778 bits per heavy atom. The van der Waals surface area contributed by atoms with E-state index in [1.807, 2.05) is 36.4 Å². The van der Waals surface area contributed by atoms with E-state index in [9.17, 15) is 0 Å². The Balaban J connectivity index is 1.39. The number of ether oxygens (including phenoxy) is 1. The molecule has 2 aromatic carbocycles. The maximum absolute atomic E-state index is 8.79. The smallest absolute Gasteiger partial charge is 0.118 e. The van der Waals surface area contributed by atoms with E-state index in [0.717, 1.165) is 18.0 Å². The van der Waals surface area contributed by atoms with Crippen molar-refractivity contribution >= 4 is 5.69 Å². The van der Waals surface area contributed by atoms with E-state index in [4.69, 9.17) is 10.00 Å². The Hall–Kier alpha value is -2.47. The number of aryl methyl sites for hydroxylation is 1. The lowest BCUT2D eigenvalue weighted by molar-refractivity contribution is 0.414. The van der Waals surface area contributed by atoms with Crippen molar-refractivity contribution in [2.24, 2.45) is 0 Å². The zero-order valence-corrected chi connectivity index (χ0v) is 16.5. The van der Waals surface area contributed by atoms with Crippen LogP contribution in [-0.2, 0) is 6.42 Å². The number of hydrogen-bond acceptors (Lipinski definition) is 3. The van der Waals surface area contributed by atoms with Gasteiger partial charge in [-0.2, -0.15) is 5.26 Å². The Kier molecular flexibility index (Phi) is 9.89. The topological polar surface area (TPSA) is 45.0 Å². The largest absolute Gasteiger partial charge is 0.497 e. The summed E-state index contributed by atoms with van der Waals surface area (Å²) in [5.41, 5.74) is 3.22. The molecule has 0 fully saturated rings. The van der Waals surface area contributed by atoms with E-state index >= 15 is 0 Å². The fraction of sp³-hybridized carbons (Fsp3) is 0.458. The van der Waals surface area contributed by atoms with Crippen LogP contribution < -0.4 is 10.1 Å². The van der Waals surface area contributed by atoms with E-state index in [1.165, 1.54) is 63.4 Å². The molecule has 0 aliphatic rings. The molecule has 0 radical (unpaired) electrons. The summed E-state index contributed by atoms with van der Waals surface area (Å²) in [4.78, 5) is 0. The number of hydrogen-bond donors (Lipinski definition) is 1. The summed E-state index contributed by atoms with van der Waals surface area (Å²) in [6, 6.07) is 18.2. The monoisotopic (exact) mass is 364 g/mol. The van der Waals surface area contributed by atoms with Crippen LogP contribution in [-0.4, -0.2) is 13.7 Å². The number of methoxy groups -OCH3 is 1. The molecule has 2 aromatic rings. The Labute approximate surface area is 164 Å². The van der Waals surface area contributed by atoms with Crippen LogP contribution in [0.25, 0.3) is 0 Å². The van der Waals surface area contributed by atoms with Crippen molar-refractivity contribution in [2.75, 3.05) is 19.0 Å². The van der Waals surface area contributed by atoms with E-state index < -0.39 is 0 Å². The van der Waals surface area contributed by atoms with Crippen molar-refractivity contribution in [1.82, 2.24) is 0 Å². The van der Waals surface area contributed by atoms with Gasteiger partial charge in [-0.25, -0.2) is 0 Å². The van der Waals surface area contributed by atoms with Crippen molar-refractivity contribution in [2.45, 2.75) is 57.8 Å². The summed E-state index contributed by atoms with van der Waals surface area (Å²) in [5, 5.41) is 12.2. The molecule has 27 heavy (non-hydrogen) atoms. The van der Waals surface area contributed by atoms with Gasteiger partial charge in [0.25, 0.3) is 0 Å². The van der Waals surface area contributed by atoms with Gasteiger partial charge >= 0.3 is 0 Å². The van der Waals surface area contributed by atoms with Crippen molar-refractivity contribution < 1.29 is 4.74 Å². The van der Waals surface area contributed by atoms with Gasteiger partial charge in [0.05, 0.1) is 18.7 Å². The lowest BCUT2D eigenvalue weighted by atomic mass is 10.0. The second-order valence-corrected chi connectivity index (χ2v) is 7.04. The molecule has 0 heterocycles. The van der Waals surface area contributed by atoms with Crippen molar-refractivity contribution in [1.29, 1.82) is 5.26 Å². The molecular formula is C24H32N2O. The van der Waals surface area contributed by atoms with Crippen LogP contribution in [0.2, 0.25) is 0 Å². The Morgan fingerprint density at radius 2 is 1.37 bits per heavy atom. The first-order valence-electron chi connectivity index (χ1n) is 10.2. The number of rotatable bonds is 13. The highest BCUT2D eigenvalue weighted by molar-refractivity contribution is 5.47. The second-order valence-electron chi connectivity index (χ2n) is 7.04. The average molecular weight is 365 g/mol. The van der Waals surface area contributed by atoms with Crippen LogP contribution >= 0.6 is 0 Å². The highest BCUT2D eigenvalue weighted by atomic mass is 16.5. The summed E-state index contributed by atoms with van der Waals surface area (Å²) >= 11 is 0. The van der Waals surface area contributed by atoms with Crippen LogP contribution in [0.1, 0.15) is 62.5 Å². The van der Waals surface area contributed by atoms with Gasteiger partial charge in [0.1, 0.15) is 5.75 Å². The first-order valence-corrected chi connectivity index (χ1v) is 10.2. The third kappa shape index (κ3) is 8.64. The molecule has 1 N–H and O–H groups in total. The number of unbranched alkanes of at least 4 members (excludes halogenated alkanes) is 7. The maximum atomic E-state index is 8.79. The van der Waals surface area contributed by atoms with Gasteiger partial charge in [0, 0.05) is 12.2 Å². The van der Waals surface area contributed by atoms with Gasteiger partial charge in [0.2, 0.25) is 0 Å². The minimum atomic E-state index is 0.713. The molecule has 3 heteroatoms. The molecule has 0 aliphatic heterocycles. The average Bonchev–Trinajstić information content (AvgIpc) is 2.73. The lowest BCUT2D eigenvalue weighted by Gasteiger charge is -2.06. The van der Waals surface area contributed by atoms with Gasteiger partial charge in [0.15, 0.2) is 0 Å². The van der Waals surface area contributed by atoms with E-state index in [0.29, 0.717) is 5.56 Å². The zero-order chi connectivity index (χ0) is 19.2. The summed E-state index contributed by atoms with van der Waals surface area (Å²) < 4.78 is 5.19. The molecule has 0 atom stereocenters. The van der Waals surface area contributed by atoms with Crippen molar-refractivity contribution in [3.63, 3.8) is 0 Å². The molecule has 0 saturated heterocycles. The highest BCUT2D eigenvalue weighted by Gasteiger charge is 1.97. The van der Waals surface area contributed by atoms with Crippen LogP contribution in [0, 0.1) is 11.3 Å². The quantitative estimate of drug-likeness (QED) is 0.422. The standard InChI is InChI=1S/C24H32N2O/c1-27-24-17-13-21(14-18-24)10-8-6-4-2-3-5-7-9-19-26-23-15-11-22(20-25)12-16-23/h11-18,26H,2-10,19H2,1H3. The molecule has 0 aromatic heterocycles. The molecule has 0 unspecified atom stereocenters. The lowest BCUT2D eigenvalue weighted by Crippen LogP contribution is -2.01. The van der Waals surface area contributed by atoms with Gasteiger partial charge in [-0.3, -0.25) is 0 Å². The predicted molar refractivity (Wildman–Crippen MR) is 113 cm³/mol. The number of benzene rings is 2. The molecule has 0 amide bonds. The number of nitrogens with one attached hydrogen (secondary N) is 1. The van der Waals surface area contributed by atoms with Crippen LogP contribution in [0.5, 0.6) is 5.75 Å². The molecule has 3 nitrogen and oxygen atoms in total. The first-order chi connectivity index (χ1) is 13.3. The van der Waals surface area contributed by atoms with Crippen molar-refractivity contribution in [3.8, 4) is 11.8 Å². The Bertz CT molecular complexity index is 671. The molecule has 144 valence electrons. The summed E-state index contributed by atoms with van der Waals surface area (Å²) in [7, 11) is 1.71. The van der Waals surface area contributed by atoms with E-state index in [2.05, 4.69) is 23.5 Å². The first kappa shape index (κ1) is 20.8. The SMILES string of the molecule is COc1ccc(CCCCCCCCCCNc2ccc(C#N)cc2)cc1. The van der Waals surface area contributed by atoms with Crippen LogP contribution in [0.4, 0.5) is 5.69 Å². The minimum Gasteiger partial charge on any atom is -0.497 e. The third-order valence-electron chi connectivity index (χ3n) is 4.89. The fourth-order valence-corrected chi connectivity index (χ4v) is 3.20. The molecule has 0 spiro atoms. The summed E-state index contributed by atoms with van der Waals surface area (Å²) in [6.07, 6.45) is 11.6. The second kappa shape index (κ2) is 12.8. The van der Waals surface area contributed by atoms with Gasteiger partial charge in [-0.1, -0.05) is 50.7 Å². The number of nitrogens with zero attached hydrogens (tertiary/aromatic N) is 1. The minimum absolute atomic E-state index is 0.713. The Morgan fingerprint density at radius 3 is 1.96 bits per heavy atom. The molecule has 0 aliphatic carbocycles. The highest BCUT2D eigenvalue weighted by Crippen LogP contribution is 2.15. The summed E-state index contributed by atoms with van der Waals surface area (Å²) in [6.45, 7) is 1.01. The van der Waals surface area contributed by atoms with E-state index in [-0.39, 0.29) is 0 Å². The van der Waals surface area contributed by atoms with Gasteiger partial charge < -0.3 is 10.1 Å². The van der Waals surface area contributed by atoms with Crippen LogP contribution in [0.15, 0.2) is 48.5 Å². The molecule has 2 rings (SSSR count). The molecule has 0 saturated carbocycles. The van der Waals surface area contributed by atoms with Gasteiger partial charge in [-0.15, -0.1) is 0 Å². The molecule has 0 bridgehead atoms. The predicted octanol–water partition coefficient (Wildman–Crippen LogP) is 6.34. The van der Waals surface area contributed by atoms with Crippen LogP contribution in [0.3, 0.4) is 0 Å². The number of anilines is 1. The van der Waals surface area contributed by atoms with Crippen molar-refractivity contribution in [3.05, 3.63) is 59.7 Å².